The predicted molar refractivity (Wildman–Crippen MR) is 115 cm³/mol. The number of hydrogen-bond donors (Lipinski definition) is 1. The Bertz CT molecular complexity index is 884. The molecule has 0 fully saturated rings. The third kappa shape index (κ3) is 8.59. The zero-order valence-corrected chi connectivity index (χ0v) is 17.7. The standard InChI is InChI=1S/C17H19Cl2NO5S2.Na.H/c1-27(23,24)20(6-2-3-15-4-5-16(26-15)17(21)22)7-8-25-14-10-12(18)9-13(19)11-14;;/h4-5,9-11H,2-3,6-8H2,1H3,(H,21,22);;. The van der Waals surface area contributed by atoms with Crippen molar-refractivity contribution in [3.8, 4) is 5.75 Å². The number of ether oxygens (including phenoxy) is 1. The summed E-state index contributed by atoms with van der Waals surface area (Å²) in [6.07, 6.45) is 2.33. The quantitative estimate of drug-likeness (QED) is 0.532. The number of hydrogen-bond acceptors (Lipinski definition) is 5. The van der Waals surface area contributed by atoms with E-state index in [0.29, 0.717) is 35.2 Å². The van der Waals surface area contributed by atoms with Crippen molar-refractivity contribution in [3.05, 3.63) is 50.1 Å². The minimum absolute atomic E-state index is 0. The Labute approximate surface area is 200 Å². The third-order valence-corrected chi connectivity index (χ3v) is 6.49. The number of rotatable bonds is 10. The second kappa shape index (κ2) is 11.8. The molecule has 0 atom stereocenters. The molecular weight excluding hydrogens is 456 g/mol. The van der Waals surface area contributed by atoms with E-state index in [1.807, 2.05) is 0 Å². The molecule has 28 heavy (non-hydrogen) atoms. The van der Waals surface area contributed by atoms with E-state index in [-0.39, 0.29) is 47.6 Å². The summed E-state index contributed by atoms with van der Waals surface area (Å²) in [6, 6.07) is 8.11. The molecule has 0 radical (unpaired) electrons. The van der Waals surface area contributed by atoms with Gasteiger partial charge in [-0.25, -0.2) is 13.2 Å². The Morgan fingerprint density at radius 2 is 1.82 bits per heavy atom. The monoisotopic (exact) mass is 475 g/mol. The number of aromatic carboxylic acids is 1. The van der Waals surface area contributed by atoms with E-state index in [1.165, 1.54) is 15.6 Å². The number of nitrogens with zero attached hydrogens (tertiary/aromatic N) is 1. The molecule has 6 nitrogen and oxygen atoms in total. The van der Waals surface area contributed by atoms with Crippen molar-refractivity contribution in [3.63, 3.8) is 0 Å². The summed E-state index contributed by atoms with van der Waals surface area (Å²) in [5, 5.41) is 9.81. The molecule has 1 heterocycles. The van der Waals surface area contributed by atoms with E-state index in [9.17, 15) is 13.2 Å². The molecule has 11 heteroatoms. The van der Waals surface area contributed by atoms with Gasteiger partial charge in [-0.05, 0) is 43.2 Å². The van der Waals surface area contributed by atoms with Crippen molar-refractivity contribution < 1.29 is 23.1 Å². The van der Waals surface area contributed by atoms with Crippen LogP contribution in [0.1, 0.15) is 21.0 Å². The van der Waals surface area contributed by atoms with Gasteiger partial charge in [-0.3, -0.25) is 0 Å². The van der Waals surface area contributed by atoms with Gasteiger partial charge in [0, 0.05) is 28.0 Å². The van der Waals surface area contributed by atoms with E-state index in [2.05, 4.69) is 0 Å². The first-order chi connectivity index (χ1) is 12.6. The Morgan fingerprint density at radius 1 is 1.18 bits per heavy atom. The average molecular weight is 476 g/mol. The zero-order chi connectivity index (χ0) is 20.0. The molecule has 0 saturated heterocycles. The van der Waals surface area contributed by atoms with Gasteiger partial charge in [-0.1, -0.05) is 23.2 Å². The van der Waals surface area contributed by atoms with Gasteiger partial charge in [-0.2, -0.15) is 4.31 Å². The number of sulfonamides is 1. The van der Waals surface area contributed by atoms with Crippen LogP contribution in [0.25, 0.3) is 0 Å². The van der Waals surface area contributed by atoms with Crippen molar-refractivity contribution in [1.82, 2.24) is 4.31 Å². The molecule has 0 aliphatic carbocycles. The maximum atomic E-state index is 12.0. The first-order valence-electron chi connectivity index (χ1n) is 8.01. The Hall–Kier alpha value is -0.320. The molecule has 150 valence electrons. The van der Waals surface area contributed by atoms with Crippen LogP contribution in [0.3, 0.4) is 0 Å². The predicted octanol–water partition coefficient (Wildman–Crippen LogP) is 3.38. The van der Waals surface area contributed by atoms with Crippen molar-refractivity contribution in [2.75, 3.05) is 26.0 Å². The van der Waals surface area contributed by atoms with E-state index >= 15 is 0 Å². The zero-order valence-electron chi connectivity index (χ0n) is 14.5. The van der Waals surface area contributed by atoms with E-state index in [1.54, 1.807) is 30.3 Å². The molecule has 0 spiro atoms. The van der Waals surface area contributed by atoms with E-state index in [0.717, 1.165) is 11.1 Å². The van der Waals surface area contributed by atoms with Gasteiger partial charge < -0.3 is 9.84 Å². The van der Waals surface area contributed by atoms with Crippen LogP contribution < -0.4 is 4.74 Å². The first-order valence-corrected chi connectivity index (χ1v) is 11.4. The topological polar surface area (TPSA) is 83.9 Å². The van der Waals surface area contributed by atoms with Crippen molar-refractivity contribution in [2.24, 2.45) is 0 Å². The van der Waals surface area contributed by atoms with Gasteiger partial charge in [0.2, 0.25) is 10.0 Å². The molecule has 0 amide bonds. The summed E-state index contributed by atoms with van der Waals surface area (Å²) in [4.78, 5) is 12.1. The van der Waals surface area contributed by atoms with Crippen molar-refractivity contribution in [1.29, 1.82) is 0 Å². The third-order valence-electron chi connectivity index (χ3n) is 3.62. The van der Waals surface area contributed by atoms with Crippen molar-refractivity contribution in [2.45, 2.75) is 12.8 Å². The minimum atomic E-state index is -3.39. The number of aryl methyl sites for hydroxylation is 1. The number of thiophene rings is 1. The van der Waals surface area contributed by atoms with Crippen molar-refractivity contribution >= 4 is 80.1 Å². The summed E-state index contributed by atoms with van der Waals surface area (Å²) < 4.78 is 30.8. The fourth-order valence-corrected chi connectivity index (χ4v) is 4.64. The number of benzene rings is 1. The summed E-state index contributed by atoms with van der Waals surface area (Å²) in [6.45, 7) is 0.665. The average Bonchev–Trinajstić information content (AvgIpc) is 3.00. The van der Waals surface area contributed by atoms with Gasteiger partial charge in [-0.15, -0.1) is 11.3 Å². The summed E-state index contributed by atoms with van der Waals surface area (Å²) >= 11 is 13.0. The molecule has 2 rings (SSSR count). The van der Waals surface area contributed by atoms with Crippen LogP contribution in [0, 0.1) is 0 Å². The number of carboxylic acid groups (broad SMARTS) is 1. The van der Waals surface area contributed by atoms with Crippen LogP contribution >= 0.6 is 34.5 Å². The number of halogens is 2. The molecule has 0 aliphatic heterocycles. The molecule has 2 aromatic rings. The van der Waals surface area contributed by atoms with Crippen LogP contribution in [0.5, 0.6) is 5.75 Å². The van der Waals surface area contributed by atoms with Crippen LogP contribution in [-0.4, -0.2) is 79.3 Å². The SMILES string of the molecule is CS(=O)(=O)N(CCCc1ccc(C(=O)O)s1)CCOc1cc(Cl)cc(Cl)c1.[NaH]. The number of carboxylic acids is 1. The summed E-state index contributed by atoms with van der Waals surface area (Å²) in [5.74, 6) is -0.483. The van der Waals surface area contributed by atoms with Crippen LogP contribution in [0.15, 0.2) is 30.3 Å². The second-order valence-electron chi connectivity index (χ2n) is 5.79. The van der Waals surface area contributed by atoms with Crippen LogP contribution in [-0.2, 0) is 16.4 Å². The Kier molecular flexibility index (Phi) is 10.8. The Morgan fingerprint density at radius 3 is 2.36 bits per heavy atom. The van der Waals surface area contributed by atoms with E-state index in [4.69, 9.17) is 33.0 Å². The summed E-state index contributed by atoms with van der Waals surface area (Å²) in [7, 11) is -3.39. The Balaban J connectivity index is 0.00000392. The van der Waals surface area contributed by atoms with Gasteiger partial charge in [0.25, 0.3) is 0 Å². The molecule has 0 unspecified atom stereocenters. The molecular formula is C17H20Cl2NNaO5S2. The molecule has 0 saturated carbocycles. The van der Waals surface area contributed by atoms with Crippen LogP contribution in [0.2, 0.25) is 10.0 Å². The second-order valence-corrected chi connectivity index (χ2v) is 9.81. The maximum absolute atomic E-state index is 12.0. The molecule has 0 aliphatic rings. The van der Waals surface area contributed by atoms with Crippen LogP contribution in [0.4, 0.5) is 0 Å². The van der Waals surface area contributed by atoms with Gasteiger partial charge in [0.1, 0.15) is 17.2 Å². The molecule has 1 aromatic carbocycles. The fourth-order valence-electron chi connectivity index (χ4n) is 2.38. The summed E-state index contributed by atoms with van der Waals surface area (Å²) in [5.41, 5.74) is 0. The normalized spacial score (nSPS) is 11.3. The molecule has 0 bridgehead atoms. The number of carbonyl (C=O) groups is 1. The van der Waals surface area contributed by atoms with Gasteiger partial charge >= 0.3 is 35.5 Å². The molecule has 1 aromatic heterocycles. The van der Waals surface area contributed by atoms with Gasteiger partial charge in [0.05, 0.1) is 6.26 Å². The molecule has 1 N–H and O–H groups in total. The van der Waals surface area contributed by atoms with E-state index < -0.39 is 16.0 Å². The van der Waals surface area contributed by atoms with Gasteiger partial charge in [0.15, 0.2) is 0 Å². The fraction of sp³-hybridized carbons (Fsp3) is 0.353. The first kappa shape index (κ1) is 25.7.